The average molecular weight is 257 g/mol. The number of hydroxylamine groups is 1. The van der Waals surface area contributed by atoms with Gasteiger partial charge in [0.05, 0.1) is 5.92 Å². The molecule has 0 aromatic heterocycles. The molecule has 1 atom stereocenters. The van der Waals surface area contributed by atoms with E-state index < -0.39 is 0 Å². The van der Waals surface area contributed by atoms with Gasteiger partial charge in [-0.1, -0.05) is 6.42 Å². The highest BCUT2D eigenvalue weighted by molar-refractivity contribution is 5.77. The molecule has 0 spiro atoms. The molecule has 4 N–H and O–H groups in total. The van der Waals surface area contributed by atoms with E-state index in [1.165, 1.54) is 0 Å². The van der Waals surface area contributed by atoms with Crippen molar-refractivity contribution in [1.29, 1.82) is 0 Å². The summed E-state index contributed by atoms with van der Waals surface area (Å²) >= 11 is 0. The Hall–Kier alpha value is -1.14. The Morgan fingerprint density at radius 1 is 1.33 bits per heavy atom. The summed E-state index contributed by atoms with van der Waals surface area (Å²) in [7, 11) is 0. The third-order valence-corrected chi connectivity index (χ3v) is 3.41. The van der Waals surface area contributed by atoms with Gasteiger partial charge in [-0.3, -0.25) is 14.8 Å². The van der Waals surface area contributed by atoms with Crippen LogP contribution in [0.3, 0.4) is 0 Å². The number of nitrogens with two attached hydrogens (primary N) is 1. The molecule has 1 rings (SSSR count). The molecule has 1 saturated heterocycles. The van der Waals surface area contributed by atoms with Gasteiger partial charge in [0.1, 0.15) is 0 Å². The van der Waals surface area contributed by atoms with E-state index in [0.29, 0.717) is 6.42 Å². The van der Waals surface area contributed by atoms with Gasteiger partial charge in [0.15, 0.2) is 0 Å². The summed E-state index contributed by atoms with van der Waals surface area (Å²) in [5.41, 5.74) is 6.94. The lowest BCUT2D eigenvalue weighted by atomic mass is 9.97. The summed E-state index contributed by atoms with van der Waals surface area (Å²) in [5, 5.41) is 8.32. The van der Waals surface area contributed by atoms with Crippen LogP contribution in [0.1, 0.15) is 38.5 Å². The molecule has 0 radical (unpaired) electrons. The summed E-state index contributed by atoms with van der Waals surface area (Å²) in [6.07, 6.45) is 5.03. The Bertz CT molecular complexity index is 284. The van der Waals surface area contributed by atoms with Crippen molar-refractivity contribution in [3.05, 3.63) is 0 Å². The molecule has 1 aliphatic rings. The van der Waals surface area contributed by atoms with Crippen LogP contribution in [0.5, 0.6) is 0 Å². The summed E-state index contributed by atoms with van der Waals surface area (Å²) in [5.74, 6) is -0.528. The zero-order valence-electron chi connectivity index (χ0n) is 10.7. The molecule has 0 aliphatic carbocycles. The first-order chi connectivity index (χ1) is 8.63. The Morgan fingerprint density at radius 3 is 2.78 bits per heavy atom. The van der Waals surface area contributed by atoms with Gasteiger partial charge < -0.3 is 10.6 Å². The fraction of sp³-hybridized carbons (Fsp3) is 0.833. The largest absolute Gasteiger partial charge is 0.369 e. The summed E-state index contributed by atoms with van der Waals surface area (Å²) in [6, 6.07) is 0. The zero-order chi connectivity index (χ0) is 13.4. The van der Waals surface area contributed by atoms with Crippen molar-refractivity contribution in [3.8, 4) is 0 Å². The number of rotatable bonds is 7. The van der Waals surface area contributed by atoms with Crippen molar-refractivity contribution in [1.82, 2.24) is 10.4 Å². The van der Waals surface area contributed by atoms with Crippen molar-refractivity contribution in [2.75, 3.05) is 19.6 Å². The van der Waals surface area contributed by atoms with Crippen LogP contribution in [0.15, 0.2) is 0 Å². The maximum absolute atomic E-state index is 11.1. The molecule has 0 aromatic rings. The highest BCUT2D eigenvalue weighted by Gasteiger charge is 2.23. The lowest BCUT2D eigenvalue weighted by Crippen LogP contribution is -2.41. The predicted molar refractivity (Wildman–Crippen MR) is 66.8 cm³/mol. The van der Waals surface area contributed by atoms with Crippen LogP contribution >= 0.6 is 0 Å². The molecular weight excluding hydrogens is 234 g/mol. The van der Waals surface area contributed by atoms with Crippen LogP contribution in [0, 0.1) is 5.92 Å². The maximum atomic E-state index is 11.1. The number of hydrogen-bond donors (Lipinski definition) is 3. The van der Waals surface area contributed by atoms with Gasteiger partial charge in [-0.2, -0.15) is 0 Å². The number of primary amides is 1. The molecule has 1 unspecified atom stereocenters. The average Bonchev–Trinajstić information content (AvgIpc) is 2.38. The Morgan fingerprint density at radius 2 is 2.11 bits per heavy atom. The summed E-state index contributed by atoms with van der Waals surface area (Å²) in [6.45, 7) is 2.75. The topological polar surface area (TPSA) is 95.7 Å². The standard InChI is InChI=1S/C12H23N3O3/c13-12(17)10-5-4-8-15(9-10)7-3-1-2-6-11(16)14-18/h10,18H,1-9H2,(H2,13,17)(H,14,16). The zero-order valence-corrected chi connectivity index (χ0v) is 10.7. The normalized spacial score (nSPS) is 20.6. The van der Waals surface area contributed by atoms with E-state index in [-0.39, 0.29) is 17.7 Å². The molecule has 1 fully saturated rings. The van der Waals surface area contributed by atoms with Crippen LogP contribution in [-0.2, 0) is 9.59 Å². The molecule has 18 heavy (non-hydrogen) atoms. The Balaban J connectivity index is 2.08. The molecule has 6 heteroatoms. The molecule has 2 amide bonds. The van der Waals surface area contributed by atoms with Crippen LogP contribution in [-0.4, -0.2) is 41.6 Å². The second kappa shape index (κ2) is 8.05. The number of unbranched alkanes of at least 4 members (excludes halogenated alkanes) is 2. The van der Waals surface area contributed by atoms with Crippen LogP contribution < -0.4 is 11.2 Å². The van der Waals surface area contributed by atoms with Crippen LogP contribution in [0.4, 0.5) is 0 Å². The quantitative estimate of drug-likeness (QED) is 0.346. The number of nitrogens with one attached hydrogen (secondary N) is 1. The van der Waals surface area contributed by atoms with Gasteiger partial charge in [0.2, 0.25) is 11.8 Å². The predicted octanol–water partition coefficient (Wildman–Crippen LogP) is 0.250. The Kier molecular flexibility index (Phi) is 6.67. The second-order valence-corrected chi connectivity index (χ2v) is 4.89. The third-order valence-electron chi connectivity index (χ3n) is 3.41. The fourth-order valence-corrected chi connectivity index (χ4v) is 2.34. The highest BCUT2D eigenvalue weighted by Crippen LogP contribution is 2.16. The molecule has 0 aromatic carbocycles. The smallest absolute Gasteiger partial charge is 0.243 e. The van der Waals surface area contributed by atoms with Crippen molar-refractivity contribution >= 4 is 11.8 Å². The van der Waals surface area contributed by atoms with E-state index in [4.69, 9.17) is 10.9 Å². The van der Waals surface area contributed by atoms with E-state index in [0.717, 1.165) is 51.7 Å². The summed E-state index contributed by atoms with van der Waals surface area (Å²) in [4.78, 5) is 24.2. The minimum Gasteiger partial charge on any atom is -0.369 e. The minimum atomic E-state index is -0.332. The number of carbonyl (C=O) groups is 2. The van der Waals surface area contributed by atoms with E-state index in [1.807, 2.05) is 0 Å². The first-order valence-electron chi connectivity index (χ1n) is 6.58. The molecular formula is C12H23N3O3. The molecule has 0 bridgehead atoms. The van der Waals surface area contributed by atoms with E-state index >= 15 is 0 Å². The van der Waals surface area contributed by atoms with Gasteiger partial charge >= 0.3 is 0 Å². The van der Waals surface area contributed by atoms with Crippen molar-refractivity contribution in [2.24, 2.45) is 11.7 Å². The third kappa shape index (κ3) is 5.46. The molecule has 1 aliphatic heterocycles. The SMILES string of the molecule is NC(=O)C1CCCN(CCCCCC(=O)NO)C1. The molecule has 104 valence electrons. The highest BCUT2D eigenvalue weighted by atomic mass is 16.5. The number of piperidine rings is 1. The molecule has 6 nitrogen and oxygen atoms in total. The molecule has 0 saturated carbocycles. The minimum absolute atomic E-state index is 0.00100. The van der Waals surface area contributed by atoms with Crippen LogP contribution in [0.25, 0.3) is 0 Å². The van der Waals surface area contributed by atoms with Crippen molar-refractivity contribution in [2.45, 2.75) is 38.5 Å². The van der Waals surface area contributed by atoms with Gasteiger partial charge in [-0.15, -0.1) is 0 Å². The fourth-order valence-electron chi connectivity index (χ4n) is 2.34. The van der Waals surface area contributed by atoms with Gasteiger partial charge in [-0.05, 0) is 38.8 Å². The van der Waals surface area contributed by atoms with Crippen molar-refractivity contribution in [3.63, 3.8) is 0 Å². The monoisotopic (exact) mass is 257 g/mol. The number of amides is 2. The van der Waals surface area contributed by atoms with Gasteiger partial charge in [-0.25, -0.2) is 5.48 Å². The number of likely N-dealkylation sites (tertiary alicyclic amines) is 1. The van der Waals surface area contributed by atoms with Crippen LogP contribution in [0.2, 0.25) is 0 Å². The number of hydrogen-bond acceptors (Lipinski definition) is 4. The molecule has 1 heterocycles. The first kappa shape index (κ1) is 14.9. The lowest BCUT2D eigenvalue weighted by molar-refractivity contribution is -0.129. The van der Waals surface area contributed by atoms with E-state index in [9.17, 15) is 9.59 Å². The summed E-state index contributed by atoms with van der Waals surface area (Å²) < 4.78 is 0. The second-order valence-electron chi connectivity index (χ2n) is 4.89. The van der Waals surface area contributed by atoms with E-state index in [2.05, 4.69) is 4.90 Å². The first-order valence-corrected chi connectivity index (χ1v) is 6.58. The Labute approximate surface area is 107 Å². The van der Waals surface area contributed by atoms with E-state index in [1.54, 1.807) is 5.48 Å². The lowest BCUT2D eigenvalue weighted by Gasteiger charge is -2.31. The van der Waals surface area contributed by atoms with Crippen molar-refractivity contribution < 1.29 is 14.8 Å². The van der Waals surface area contributed by atoms with Gasteiger partial charge in [0, 0.05) is 13.0 Å². The number of nitrogens with zero attached hydrogens (tertiary/aromatic N) is 1. The maximum Gasteiger partial charge on any atom is 0.243 e. The number of carbonyl (C=O) groups excluding carboxylic acids is 2. The van der Waals surface area contributed by atoms with Gasteiger partial charge in [0.25, 0.3) is 0 Å².